The van der Waals surface area contributed by atoms with Gasteiger partial charge in [-0.15, -0.1) is 0 Å². The van der Waals surface area contributed by atoms with Gasteiger partial charge < -0.3 is 5.73 Å². The van der Waals surface area contributed by atoms with E-state index in [4.69, 9.17) is 5.73 Å². The largest absolute Gasteiger partial charge is 0.383 e. The minimum Gasteiger partial charge on any atom is -0.383 e. The molecule has 0 bridgehead atoms. The van der Waals surface area contributed by atoms with Crippen molar-refractivity contribution < 1.29 is 8.42 Å². The van der Waals surface area contributed by atoms with Crippen LogP contribution >= 0.6 is 0 Å². The zero-order valence-electron chi connectivity index (χ0n) is 9.46. The second kappa shape index (κ2) is 3.71. The minimum atomic E-state index is -3.47. The Morgan fingerprint density at radius 1 is 1.41 bits per heavy atom. The molecule has 0 radical (unpaired) electrons. The molecule has 1 heterocycles. The molecular formula is C10H16N4O2S. The third kappa shape index (κ3) is 2.04. The third-order valence-electron chi connectivity index (χ3n) is 3.31. The number of hydrogen-bond donors (Lipinski definition) is 2. The molecule has 2 fully saturated rings. The van der Waals surface area contributed by atoms with Gasteiger partial charge in [0.25, 0.3) is 0 Å². The topological polar surface area (TPSA) is 92.1 Å². The molecule has 2 saturated carbocycles. The number of rotatable bonds is 5. The van der Waals surface area contributed by atoms with E-state index in [-0.39, 0.29) is 16.8 Å². The fourth-order valence-corrected chi connectivity index (χ4v) is 3.75. The van der Waals surface area contributed by atoms with Gasteiger partial charge in [-0.2, -0.15) is 9.40 Å². The first kappa shape index (κ1) is 11.0. The second-order valence-corrected chi connectivity index (χ2v) is 6.76. The third-order valence-corrected chi connectivity index (χ3v) is 5.25. The summed E-state index contributed by atoms with van der Waals surface area (Å²) in [5.41, 5.74) is 5.61. The Morgan fingerprint density at radius 3 is 2.59 bits per heavy atom. The molecule has 0 unspecified atom stereocenters. The quantitative estimate of drug-likeness (QED) is 0.805. The van der Waals surface area contributed by atoms with E-state index in [1.807, 2.05) is 0 Å². The molecule has 1 aromatic rings. The van der Waals surface area contributed by atoms with Gasteiger partial charge in [-0.25, -0.2) is 8.42 Å². The van der Waals surface area contributed by atoms with E-state index in [1.54, 1.807) is 4.31 Å². The summed E-state index contributed by atoms with van der Waals surface area (Å²) in [6, 6.07) is 0.176. The van der Waals surface area contributed by atoms with Gasteiger partial charge in [0.2, 0.25) is 10.0 Å². The van der Waals surface area contributed by atoms with Gasteiger partial charge in [-0.3, -0.25) is 5.10 Å². The Balaban J connectivity index is 1.90. The maximum Gasteiger partial charge on any atom is 0.248 e. The molecule has 0 saturated heterocycles. The highest BCUT2D eigenvalue weighted by Gasteiger charge is 2.42. The Kier molecular flexibility index (Phi) is 2.41. The normalized spacial score (nSPS) is 21.0. The first-order valence-corrected chi connectivity index (χ1v) is 7.33. The zero-order chi connectivity index (χ0) is 12.0. The Labute approximate surface area is 100 Å². The average Bonchev–Trinajstić information content (AvgIpc) is 3.15. The van der Waals surface area contributed by atoms with Crippen LogP contribution in [0.25, 0.3) is 0 Å². The summed E-state index contributed by atoms with van der Waals surface area (Å²) in [4.78, 5) is 0.116. The highest BCUT2D eigenvalue weighted by molar-refractivity contribution is 7.89. The molecule has 0 amide bonds. The molecule has 0 aromatic carbocycles. The standard InChI is InChI=1S/C10H16N4O2S/c11-10-9(5-12-13-10)17(15,16)14(8-3-4-8)6-7-1-2-7/h5,7-8H,1-4,6H2,(H3,11,12,13). The van der Waals surface area contributed by atoms with Crippen molar-refractivity contribution >= 4 is 15.8 Å². The summed E-state index contributed by atoms with van der Waals surface area (Å²) >= 11 is 0. The van der Waals surface area contributed by atoms with Gasteiger partial charge in [0.05, 0.1) is 6.20 Å². The second-order valence-electron chi connectivity index (χ2n) is 4.90. The van der Waals surface area contributed by atoms with Crippen molar-refractivity contribution in [2.24, 2.45) is 5.92 Å². The average molecular weight is 256 g/mol. The molecule has 2 aliphatic rings. The first-order valence-electron chi connectivity index (χ1n) is 5.89. The monoisotopic (exact) mass is 256 g/mol. The predicted octanol–water partition coefficient (Wildman–Crippen LogP) is 0.555. The van der Waals surface area contributed by atoms with Crippen molar-refractivity contribution in [1.82, 2.24) is 14.5 Å². The number of anilines is 1. The number of aromatic nitrogens is 2. The zero-order valence-corrected chi connectivity index (χ0v) is 10.3. The fraction of sp³-hybridized carbons (Fsp3) is 0.700. The summed E-state index contributed by atoms with van der Waals surface area (Å²) in [7, 11) is -3.47. The maximum atomic E-state index is 12.4. The van der Waals surface area contributed by atoms with Crippen molar-refractivity contribution in [3.8, 4) is 0 Å². The van der Waals surface area contributed by atoms with Crippen LogP contribution < -0.4 is 5.73 Å². The van der Waals surface area contributed by atoms with E-state index in [9.17, 15) is 8.42 Å². The molecule has 94 valence electrons. The maximum absolute atomic E-state index is 12.4. The summed E-state index contributed by atoms with van der Waals surface area (Å²) in [5, 5.41) is 6.17. The molecule has 2 aliphatic carbocycles. The van der Waals surface area contributed by atoms with Crippen LogP contribution in [0.4, 0.5) is 5.82 Å². The van der Waals surface area contributed by atoms with Crippen molar-refractivity contribution in [1.29, 1.82) is 0 Å². The number of nitrogen functional groups attached to an aromatic ring is 1. The van der Waals surface area contributed by atoms with Gasteiger partial charge >= 0.3 is 0 Å². The van der Waals surface area contributed by atoms with E-state index in [0.717, 1.165) is 25.7 Å². The molecule has 1 aromatic heterocycles. The number of nitrogens with zero attached hydrogens (tertiary/aromatic N) is 2. The van der Waals surface area contributed by atoms with E-state index in [1.165, 1.54) is 6.20 Å². The van der Waals surface area contributed by atoms with Crippen molar-refractivity contribution in [2.45, 2.75) is 36.6 Å². The molecule has 0 aliphatic heterocycles. The lowest BCUT2D eigenvalue weighted by molar-refractivity contribution is 0.389. The van der Waals surface area contributed by atoms with E-state index in [2.05, 4.69) is 10.2 Å². The van der Waals surface area contributed by atoms with E-state index >= 15 is 0 Å². The van der Waals surface area contributed by atoms with Gasteiger partial charge in [-0.1, -0.05) is 0 Å². The van der Waals surface area contributed by atoms with Gasteiger partial charge in [0.15, 0.2) is 0 Å². The van der Waals surface area contributed by atoms with Gasteiger partial charge in [0, 0.05) is 12.6 Å². The van der Waals surface area contributed by atoms with Crippen LogP contribution in [0.5, 0.6) is 0 Å². The number of hydrogen-bond acceptors (Lipinski definition) is 4. The van der Waals surface area contributed by atoms with Crippen LogP contribution in [-0.4, -0.2) is 35.5 Å². The lowest BCUT2D eigenvalue weighted by Gasteiger charge is -2.21. The van der Waals surface area contributed by atoms with Gasteiger partial charge in [-0.05, 0) is 31.6 Å². The highest BCUT2D eigenvalue weighted by atomic mass is 32.2. The highest BCUT2D eigenvalue weighted by Crippen LogP contribution is 2.38. The predicted molar refractivity (Wildman–Crippen MR) is 62.6 cm³/mol. The number of H-pyrrole nitrogens is 1. The summed E-state index contributed by atoms with van der Waals surface area (Å²) in [5.74, 6) is 0.671. The van der Waals surface area contributed by atoms with Gasteiger partial charge in [0.1, 0.15) is 10.7 Å². The fourth-order valence-electron chi connectivity index (χ4n) is 1.98. The van der Waals surface area contributed by atoms with Crippen LogP contribution in [0.2, 0.25) is 0 Å². The SMILES string of the molecule is Nc1[nH]ncc1S(=O)(=O)N(CC1CC1)C1CC1. The van der Waals surface area contributed by atoms with Crippen molar-refractivity contribution in [3.63, 3.8) is 0 Å². The molecule has 17 heavy (non-hydrogen) atoms. The smallest absolute Gasteiger partial charge is 0.248 e. The Hall–Kier alpha value is -1.08. The minimum absolute atomic E-state index is 0.116. The molecule has 6 nitrogen and oxygen atoms in total. The Bertz CT molecular complexity index is 516. The van der Waals surface area contributed by atoms with Crippen LogP contribution in [0.15, 0.2) is 11.1 Å². The van der Waals surface area contributed by atoms with Crippen molar-refractivity contribution in [2.75, 3.05) is 12.3 Å². The summed E-state index contributed by atoms with van der Waals surface area (Å²) in [6.07, 6.45) is 5.50. The number of nitrogens with one attached hydrogen (secondary N) is 1. The molecule has 3 rings (SSSR count). The summed E-state index contributed by atoms with van der Waals surface area (Å²) < 4.78 is 26.5. The lowest BCUT2D eigenvalue weighted by Crippen LogP contribution is -2.35. The molecule has 7 heteroatoms. The van der Waals surface area contributed by atoms with E-state index < -0.39 is 10.0 Å². The molecule has 3 N–H and O–H groups in total. The molecule has 0 spiro atoms. The molecular weight excluding hydrogens is 240 g/mol. The van der Waals surface area contributed by atoms with Crippen LogP contribution in [0.1, 0.15) is 25.7 Å². The number of aromatic amines is 1. The number of nitrogens with two attached hydrogens (primary N) is 1. The van der Waals surface area contributed by atoms with Crippen LogP contribution in [0.3, 0.4) is 0 Å². The first-order chi connectivity index (χ1) is 8.09. The van der Waals surface area contributed by atoms with Crippen molar-refractivity contribution in [3.05, 3.63) is 6.20 Å². The van der Waals surface area contributed by atoms with E-state index in [0.29, 0.717) is 12.5 Å². The number of sulfonamides is 1. The molecule has 0 atom stereocenters. The van der Waals surface area contributed by atoms with Crippen LogP contribution in [0, 0.1) is 5.92 Å². The van der Waals surface area contributed by atoms with Crippen LogP contribution in [-0.2, 0) is 10.0 Å². The Morgan fingerprint density at radius 2 is 2.12 bits per heavy atom. The lowest BCUT2D eigenvalue weighted by atomic mass is 10.4. The summed E-state index contributed by atoms with van der Waals surface area (Å²) in [6.45, 7) is 0.637.